The van der Waals surface area contributed by atoms with E-state index in [4.69, 9.17) is 10.5 Å². The van der Waals surface area contributed by atoms with Crippen molar-refractivity contribution in [1.82, 2.24) is 15.0 Å². The van der Waals surface area contributed by atoms with E-state index >= 15 is 0 Å². The van der Waals surface area contributed by atoms with E-state index in [9.17, 15) is 9.18 Å². The highest BCUT2D eigenvalue weighted by molar-refractivity contribution is 6.00. The first kappa shape index (κ1) is 18.0. The van der Waals surface area contributed by atoms with Gasteiger partial charge in [-0.1, -0.05) is 6.07 Å². The van der Waals surface area contributed by atoms with Crippen molar-refractivity contribution in [3.63, 3.8) is 0 Å². The number of ether oxygens (including phenoxy) is 1. The second-order valence-corrected chi connectivity index (χ2v) is 6.81. The quantitative estimate of drug-likeness (QED) is 0.750. The van der Waals surface area contributed by atoms with Crippen LogP contribution in [0.5, 0.6) is 5.88 Å². The maximum Gasteiger partial charge on any atom is 0.220 e. The van der Waals surface area contributed by atoms with E-state index in [0.717, 1.165) is 11.1 Å². The summed E-state index contributed by atoms with van der Waals surface area (Å²) in [5.41, 5.74) is 9.64. The van der Waals surface area contributed by atoms with Gasteiger partial charge in [0, 0.05) is 18.1 Å². The van der Waals surface area contributed by atoms with E-state index < -0.39 is 0 Å². The minimum atomic E-state index is -0.363. The van der Waals surface area contributed by atoms with Crippen LogP contribution in [0, 0.1) is 12.7 Å². The van der Waals surface area contributed by atoms with Crippen molar-refractivity contribution in [2.45, 2.75) is 25.7 Å². The first-order valence-electron chi connectivity index (χ1n) is 8.93. The molecule has 6 nitrogen and oxygen atoms in total. The molecule has 0 amide bonds. The SMILES string of the molecule is COc1cccc(-c2ccc(F)cc2C2CC(=O)c3c(C)nc(N)nc3C2)n1. The fourth-order valence-corrected chi connectivity index (χ4v) is 3.80. The topological polar surface area (TPSA) is 91.0 Å². The Morgan fingerprint density at radius 2 is 1.96 bits per heavy atom. The number of halogens is 1. The lowest BCUT2D eigenvalue weighted by Crippen LogP contribution is -2.23. The Kier molecular flexibility index (Phi) is 4.50. The highest BCUT2D eigenvalue weighted by atomic mass is 19.1. The lowest BCUT2D eigenvalue weighted by Gasteiger charge is -2.26. The van der Waals surface area contributed by atoms with Crippen molar-refractivity contribution in [1.29, 1.82) is 0 Å². The lowest BCUT2D eigenvalue weighted by atomic mass is 9.79. The van der Waals surface area contributed by atoms with Crippen LogP contribution in [0.3, 0.4) is 0 Å². The van der Waals surface area contributed by atoms with Gasteiger partial charge in [0.15, 0.2) is 5.78 Å². The smallest absolute Gasteiger partial charge is 0.220 e. The summed E-state index contributed by atoms with van der Waals surface area (Å²) in [6.07, 6.45) is 0.733. The number of methoxy groups -OCH3 is 1. The van der Waals surface area contributed by atoms with Gasteiger partial charge in [-0.15, -0.1) is 0 Å². The van der Waals surface area contributed by atoms with Gasteiger partial charge in [0.25, 0.3) is 0 Å². The van der Waals surface area contributed by atoms with Gasteiger partial charge in [0.1, 0.15) is 5.82 Å². The van der Waals surface area contributed by atoms with Gasteiger partial charge in [-0.2, -0.15) is 0 Å². The monoisotopic (exact) mass is 378 g/mol. The summed E-state index contributed by atoms with van der Waals surface area (Å²) in [6, 6.07) is 9.95. The molecule has 2 aromatic heterocycles. The number of hydrogen-bond donors (Lipinski definition) is 1. The zero-order chi connectivity index (χ0) is 19.8. The predicted octanol–water partition coefficient (Wildman–Crippen LogP) is 3.49. The number of nitrogen functional groups attached to an aromatic ring is 1. The third-order valence-corrected chi connectivity index (χ3v) is 4.99. The molecule has 28 heavy (non-hydrogen) atoms. The number of ketones is 1. The molecule has 0 aliphatic heterocycles. The number of carbonyl (C=O) groups is 1. The number of rotatable bonds is 3. The number of nitrogens with zero attached hydrogens (tertiary/aromatic N) is 3. The minimum Gasteiger partial charge on any atom is -0.481 e. The summed E-state index contributed by atoms with van der Waals surface area (Å²) in [6.45, 7) is 1.75. The van der Waals surface area contributed by atoms with Crippen molar-refractivity contribution in [3.8, 4) is 17.1 Å². The summed E-state index contributed by atoms with van der Waals surface area (Å²) >= 11 is 0. The average molecular weight is 378 g/mol. The lowest BCUT2D eigenvalue weighted by molar-refractivity contribution is 0.0962. The zero-order valence-electron chi connectivity index (χ0n) is 15.6. The largest absolute Gasteiger partial charge is 0.481 e. The van der Waals surface area contributed by atoms with E-state index in [1.807, 2.05) is 12.1 Å². The number of pyridine rings is 1. The Balaban J connectivity index is 1.81. The summed E-state index contributed by atoms with van der Waals surface area (Å²) in [5, 5.41) is 0. The van der Waals surface area contributed by atoms with Crippen LogP contribution in [0.4, 0.5) is 10.3 Å². The molecular formula is C21H19FN4O2. The maximum atomic E-state index is 14.1. The number of aryl methyl sites for hydroxylation is 1. The molecular weight excluding hydrogens is 359 g/mol. The summed E-state index contributed by atoms with van der Waals surface area (Å²) < 4.78 is 19.3. The molecule has 0 saturated carbocycles. The summed E-state index contributed by atoms with van der Waals surface area (Å²) in [5.74, 6) is -0.0455. The van der Waals surface area contributed by atoms with E-state index in [2.05, 4.69) is 15.0 Å². The van der Waals surface area contributed by atoms with Gasteiger partial charge in [-0.25, -0.2) is 19.3 Å². The van der Waals surface area contributed by atoms with Crippen LogP contribution >= 0.6 is 0 Å². The first-order chi connectivity index (χ1) is 13.5. The molecule has 2 heterocycles. The molecule has 142 valence electrons. The zero-order valence-corrected chi connectivity index (χ0v) is 15.6. The van der Waals surface area contributed by atoms with Gasteiger partial charge in [0.2, 0.25) is 11.8 Å². The third kappa shape index (κ3) is 3.19. The number of carbonyl (C=O) groups excluding carboxylic acids is 1. The molecule has 4 rings (SSSR count). The van der Waals surface area contributed by atoms with Crippen LogP contribution in [0.25, 0.3) is 11.3 Å². The van der Waals surface area contributed by atoms with Crippen LogP contribution < -0.4 is 10.5 Å². The Hall–Kier alpha value is -3.35. The summed E-state index contributed by atoms with van der Waals surface area (Å²) in [4.78, 5) is 25.6. The average Bonchev–Trinajstić information content (AvgIpc) is 2.67. The fourth-order valence-electron chi connectivity index (χ4n) is 3.80. The predicted molar refractivity (Wildman–Crippen MR) is 103 cm³/mol. The number of anilines is 1. The molecule has 7 heteroatoms. The highest BCUT2D eigenvalue weighted by Crippen LogP contribution is 2.38. The number of aromatic nitrogens is 3. The van der Waals surface area contributed by atoms with Crippen molar-refractivity contribution in [2.75, 3.05) is 12.8 Å². The van der Waals surface area contributed by atoms with Gasteiger partial charge < -0.3 is 10.5 Å². The van der Waals surface area contributed by atoms with Crippen LogP contribution in [0.2, 0.25) is 0 Å². The molecule has 1 unspecified atom stereocenters. The Bertz CT molecular complexity index is 1080. The first-order valence-corrected chi connectivity index (χ1v) is 8.93. The maximum absolute atomic E-state index is 14.1. The molecule has 0 spiro atoms. The molecule has 0 saturated heterocycles. The number of benzene rings is 1. The Morgan fingerprint density at radius 3 is 2.75 bits per heavy atom. The molecule has 1 aromatic carbocycles. The van der Waals surface area contributed by atoms with E-state index in [1.54, 1.807) is 26.2 Å². The number of nitrogens with two attached hydrogens (primary N) is 1. The second-order valence-electron chi connectivity index (χ2n) is 6.81. The molecule has 0 radical (unpaired) electrons. The molecule has 0 fully saturated rings. The van der Waals surface area contributed by atoms with Gasteiger partial charge in [0.05, 0.1) is 29.8 Å². The van der Waals surface area contributed by atoms with E-state index in [0.29, 0.717) is 34.9 Å². The van der Waals surface area contributed by atoms with Crippen LogP contribution in [0.15, 0.2) is 36.4 Å². The third-order valence-electron chi connectivity index (χ3n) is 4.99. The minimum absolute atomic E-state index is 0.0578. The number of Topliss-reactive ketones (excluding diaryl/α,β-unsaturated/α-hetero) is 1. The fraction of sp³-hybridized carbons (Fsp3) is 0.238. The van der Waals surface area contributed by atoms with E-state index in [-0.39, 0.29) is 29.9 Å². The van der Waals surface area contributed by atoms with Crippen molar-refractivity contribution < 1.29 is 13.9 Å². The van der Waals surface area contributed by atoms with Gasteiger partial charge in [-0.3, -0.25) is 4.79 Å². The Labute approximate surface area is 161 Å². The number of hydrogen-bond acceptors (Lipinski definition) is 6. The summed E-state index contributed by atoms with van der Waals surface area (Å²) in [7, 11) is 1.54. The van der Waals surface area contributed by atoms with Crippen molar-refractivity contribution in [2.24, 2.45) is 0 Å². The molecule has 0 bridgehead atoms. The normalized spacial score (nSPS) is 16.0. The molecule has 3 aromatic rings. The van der Waals surface area contributed by atoms with Crippen LogP contribution in [-0.4, -0.2) is 27.8 Å². The molecule has 2 N–H and O–H groups in total. The molecule has 1 aliphatic rings. The van der Waals surface area contributed by atoms with Crippen molar-refractivity contribution in [3.05, 3.63) is 64.7 Å². The van der Waals surface area contributed by atoms with Crippen molar-refractivity contribution >= 4 is 11.7 Å². The van der Waals surface area contributed by atoms with Gasteiger partial charge in [-0.05, 0) is 49.1 Å². The van der Waals surface area contributed by atoms with E-state index in [1.165, 1.54) is 12.1 Å². The van der Waals surface area contributed by atoms with Gasteiger partial charge >= 0.3 is 0 Å². The van der Waals surface area contributed by atoms with Crippen LogP contribution in [0.1, 0.15) is 39.6 Å². The highest BCUT2D eigenvalue weighted by Gasteiger charge is 2.31. The molecule has 1 atom stereocenters. The number of fused-ring (bicyclic) bond motifs is 1. The second kappa shape index (κ2) is 6.99. The molecule has 1 aliphatic carbocycles. The Morgan fingerprint density at radius 1 is 1.14 bits per heavy atom. The van der Waals surface area contributed by atoms with Crippen LogP contribution in [-0.2, 0) is 6.42 Å². The standard InChI is InChI=1S/C21H19FN4O2/c1-11-20-17(26-21(23)24-11)8-12(9-18(20)27)15-10-13(22)6-7-14(15)16-4-3-5-19(25-16)28-2/h3-7,10,12H,8-9H2,1-2H3,(H2,23,24,26).